The van der Waals surface area contributed by atoms with Gasteiger partial charge in [-0.3, -0.25) is 0 Å². The average molecular weight is 332 g/mol. The number of anilines is 3. The highest BCUT2D eigenvalue weighted by atomic mass is 15.3. The second-order valence-corrected chi connectivity index (χ2v) is 6.42. The Balaban J connectivity index is 1.90. The Kier molecular flexibility index (Phi) is 5.62. The highest BCUT2D eigenvalue weighted by molar-refractivity contribution is 5.58. The van der Waals surface area contributed by atoms with Gasteiger partial charge < -0.3 is 10.2 Å². The highest BCUT2D eigenvalue weighted by Gasteiger charge is 2.13. The maximum atomic E-state index is 4.72. The monoisotopic (exact) mass is 332 g/mol. The number of hydrogen-bond donors (Lipinski definition) is 1. The second kappa shape index (κ2) is 8.29. The van der Waals surface area contributed by atoms with Gasteiger partial charge in [-0.25, -0.2) is 4.98 Å². The first kappa shape index (κ1) is 17.0. The average Bonchev–Trinajstić information content (AvgIpc) is 2.66. The third kappa shape index (κ3) is 4.80. The molecule has 0 saturated carbocycles. The number of hydrogen-bond acceptors (Lipinski definition) is 4. The van der Waals surface area contributed by atoms with Gasteiger partial charge in [-0.05, 0) is 29.7 Å². The number of nitrogens with zero attached hydrogens (tertiary/aromatic N) is 3. The quantitative estimate of drug-likeness (QED) is 0.669. The zero-order valence-corrected chi connectivity index (χ0v) is 14.8. The molecular weight excluding hydrogens is 308 g/mol. The minimum atomic E-state index is 0.563. The van der Waals surface area contributed by atoms with Gasteiger partial charge in [0.25, 0.3) is 0 Å². The predicted molar refractivity (Wildman–Crippen MR) is 104 cm³/mol. The molecule has 3 rings (SSSR count). The molecule has 0 atom stereocenters. The number of aromatic nitrogens is 2. The third-order valence-electron chi connectivity index (χ3n) is 3.83. The smallest absolute Gasteiger partial charge is 0.232 e. The van der Waals surface area contributed by atoms with Crippen LogP contribution in [0.2, 0.25) is 0 Å². The summed E-state index contributed by atoms with van der Waals surface area (Å²) in [6.07, 6.45) is 1.81. The van der Waals surface area contributed by atoms with Gasteiger partial charge in [-0.1, -0.05) is 62.4 Å². The predicted octanol–water partition coefficient (Wildman–Crippen LogP) is 4.88. The van der Waals surface area contributed by atoms with Crippen LogP contribution in [0.3, 0.4) is 0 Å². The lowest BCUT2D eigenvalue weighted by Gasteiger charge is -2.23. The molecule has 4 heteroatoms. The number of rotatable bonds is 7. The molecule has 128 valence electrons. The molecule has 0 aliphatic rings. The molecule has 25 heavy (non-hydrogen) atoms. The van der Waals surface area contributed by atoms with Crippen molar-refractivity contribution in [3.63, 3.8) is 0 Å². The largest absolute Gasteiger partial charge is 0.370 e. The summed E-state index contributed by atoms with van der Waals surface area (Å²) in [4.78, 5) is 11.4. The van der Waals surface area contributed by atoms with E-state index in [-0.39, 0.29) is 0 Å². The van der Waals surface area contributed by atoms with Gasteiger partial charge in [0.05, 0.1) is 6.54 Å². The maximum Gasteiger partial charge on any atom is 0.232 e. The second-order valence-electron chi connectivity index (χ2n) is 6.42. The van der Waals surface area contributed by atoms with E-state index in [1.807, 2.05) is 36.5 Å². The summed E-state index contributed by atoms with van der Waals surface area (Å²) in [5, 5.41) is 3.38. The lowest BCUT2D eigenvalue weighted by atomic mass is 10.2. The van der Waals surface area contributed by atoms with Crippen LogP contribution in [0.5, 0.6) is 0 Å². The van der Waals surface area contributed by atoms with Crippen molar-refractivity contribution >= 4 is 17.5 Å². The lowest BCUT2D eigenvalue weighted by Crippen LogP contribution is -2.20. The van der Waals surface area contributed by atoms with Gasteiger partial charge in [-0.2, -0.15) is 4.98 Å². The van der Waals surface area contributed by atoms with Crippen molar-refractivity contribution in [2.24, 2.45) is 5.92 Å². The van der Waals surface area contributed by atoms with Crippen molar-refractivity contribution < 1.29 is 0 Å². The fourth-order valence-corrected chi connectivity index (χ4v) is 2.54. The first-order valence-electron chi connectivity index (χ1n) is 8.66. The lowest BCUT2D eigenvalue weighted by molar-refractivity contribution is 0.686. The van der Waals surface area contributed by atoms with Gasteiger partial charge in [0.15, 0.2) is 0 Å². The van der Waals surface area contributed by atoms with E-state index in [0.29, 0.717) is 11.9 Å². The van der Waals surface area contributed by atoms with Crippen LogP contribution in [0.4, 0.5) is 17.5 Å². The molecule has 2 aromatic carbocycles. The van der Waals surface area contributed by atoms with E-state index < -0.39 is 0 Å². The molecule has 1 N–H and O–H groups in total. The van der Waals surface area contributed by atoms with Crippen molar-refractivity contribution in [1.82, 2.24) is 9.97 Å². The summed E-state index contributed by atoms with van der Waals surface area (Å²) in [7, 11) is 0. The van der Waals surface area contributed by atoms with E-state index in [9.17, 15) is 0 Å². The Labute approximate surface area is 149 Å². The summed E-state index contributed by atoms with van der Waals surface area (Å²) in [6.45, 7) is 5.97. The fourth-order valence-electron chi connectivity index (χ4n) is 2.54. The highest BCUT2D eigenvalue weighted by Crippen LogP contribution is 2.25. The van der Waals surface area contributed by atoms with E-state index in [0.717, 1.165) is 24.6 Å². The van der Waals surface area contributed by atoms with Crippen molar-refractivity contribution in [2.75, 3.05) is 16.8 Å². The Morgan fingerprint density at radius 1 is 0.920 bits per heavy atom. The Bertz CT molecular complexity index is 772. The molecule has 0 amide bonds. The third-order valence-corrected chi connectivity index (χ3v) is 3.83. The Morgan fingerprint density at radius 2 is 1.60 bits per heavy atom. The van der Waals surface area contributed by atoms with Crippen LogP contribution in [0.1, 0.15) is 19.4 Å². The zero-order valence-electron chi connectivity index (χ0n) is 14.8. The molecule has 0 saturated heterocycles. The van der Waals surface area contributed by atoms with Crippen molar-refractivity contribution in [2.45, 2.75) is 20.4 Å². The van der Waals surface area contributed by atoms with E-state index in [2.05, 4.69) is 65.4 Å². The topological polar surface area (TPSA) is 41.1 Å². The van der Waals surface area contributed by atoms with Gasteiger partial charge in [0.1, 0.15) is 5.82 Å². The van der Waals surface area contributed by atoms with Crippen LogP contribution < -0.4 is 10.2 Å². The van der Waals surface area contributed by atoms with E-state index >= 15 is 0 Å². The van der Waals surface area contributed by atoms with Gasteiger partial charge in [-0.15, -0.1) is 0 Å². The molecular formula is C21H24N4. The fraction of sp³-hybridized carbons (Fsp3) is 0.238. The molecule has 0 spiro atoms. The molecule has 1 aromatic heterocycles. The molecule has 0 bridgehead atoms. The zero-order chi connectivity index (χ0) is 17.5. The summed E-state index contributed by atoms with van der Waals surface area (Å²) in [6, 6.07) is 22.6. The minimum Gasteiger partial charge on any atom is -0.370 e. The van der Waals surface area contributed by atoms with E-state index in [4.69, 9.17) is 4.98 Å². The molecule has 3 aromatic rings. The first-order valence-corrected chi connectivity index (χ1v) is 8.66. The van der Waals surface area contributed by atoms with E-state index in [1.54, 1.807) is 0 Å². The van der Waals surface area contributed by atoms with Crippen LogP contribution in [-0.4, -0.2) is 16.5 Å². The van der Waals surface area contributed by atoms with Gasteiger partial charge in [0, 0.05) is 18.4 Å². The van der Waals surface area contributed by atoms with Crippen molar-refractivity contribution in [3.8, 4) is 0 Å². The normalized spacial score (nSPS) is 10.7. The van der Waals surface area contributed by atoms with Crippen molar-refractivity contribution in [1.29, 1.82) is 0 Å². The van der Waals surface area contributed by atoms with Crippen LogP contribution >= 0.6 is 0 Å². The van der Waals surface area contributed by atoms with Gasteiger partial charge >= 0.3 is 0 Å². The molecule has 0 fully saturated rings. The summed E-state index contributed by atoms with van der Waals surface area (Å²) in [5.74, 6) is 2.12. The first-order chi connectivity index (χ1) is 12.2. The van der Waals surface area contributed by atoms with Crippen LogP contribution in [0.25, 0.3) is 0 Å². The van der Waals surface area contributed by atoms with E-state index in [1.165, 1.54) is 5.56 Å². The van der Waals surface area contributed by atoms with Crippen LogP contribution in [-0.2, 0) is 6.54 Å². The standard InChI is InChI=1S/C21H24N4/c1-17(2)15-23-20-13-14-22-21(24-20)25(19-11-7-4-8-12-19)16-18-9-5-3-6-10-18/h3-14,17H,15-16H2,1-2H3,(H,22,23,24). The molecule has 1 heterocycles. The molecule has 0 unspecified atom stereocenters. The molecule has 0 aliphatic carbocycles. The SMILES string of the molecule is CC(C)CNc1ccnc(N(Cc2ccccc2)c2ccccc2)n1. The van der Waals surface area contributed by atoms with Crippen LogP contribution in [0.15, 0.2) is 72.9 Å². The number of benzene rings is 2. The van der Waals surface area contributed by atoms with Crippen molar-refractivity contribution in [3.05, 3.63) is 78.5 Å². The summed E-state index contributed by atoms with van der Waals surface area (Å²) in [5.41, 5.74) is 2.29. The summed E-state index contributed by atoms with van der Waals surface area (Å²) < 4.78 is 0. The maximum absolute atomic E-state index is 4.72. The number of nitrogens with one attached hydrogen (secondary N) is 1. The Morgan fingerprint density at radius 3 is 2.28 bits per heavy atom. The Hall–Kier alpha value is -2.88. The molecule has 0 radical (unpaired) electrons. The van der Waals surface area contributed by atoms with Crippen LogP contribution in [0, 0.1) is 5.92 Å². The summed E-state index contributed by atoms with van der Waals surface area (Å²) >= 11 is 0. The molecule has 0 aliphatic heterocycles. The minimum absolute atomic E-state index is 0.563. The number of para-hydroxylation sites is 1. The van der Waals surface area contributed by atoms with Gasteiger partial charge in [0.2, 0.25) is 5.95 Å². The molecule has 4 nitrogen and oxygen atoms in total.